The van der Waals surface area contributed by atoms with Crippen molar-refractivity contribution < 1.29 is 19.5 Å². The molecule has 3 fully saturated rings. The number of carboxylic acid groups (broad SMARTS) is 1. The molecule has 31 heavy (non-hydrogen) atoms. The quantitative estimate of drug-likeness (QED) is 0.643. The molecule has 0 radical (unpaired) electrons. The molecule has 2 aliphatic heterocycles. The van der Waals surface area contributed by atoms with Crippen molar-refractivity contribution in [3.05, 3.63) is 36.9 Å². The lowest BCUT2D eigenvalue weighted by Gasteiger charge is -2.42. The van der Waals surface area contributed by atoms with Crippen molar-refractivity contribution in [3.8, 4) is 0 Å². The van der Waals surface area contributed by atoms with E-state index < -0.39 is 5.97 Å². The number of carboxylic acids is 1. The molecule has 2 saturated carbocycles. The molecule has 0 spiro atoms. The number of aliphatic carboxylic acids is 1. The Hall–Kier alpha value is -1.91. The Bertz CT molecular complexity index is 1140. The van der Waals surface area contributed by atoms with Gasteiger partial charge in [0.1, 0.15) is 0 Å². The van der Waals surface area contributed by atoms with Crippen LogP contribution >= 0.6 is 34.4 Å². The number of thioether (sulfide) groups is 1. The smallest absolute Gasteiger partial charge is 0.305 e. The van der Waals surface area contributed by atoms with Crippen LogP contribution in [0.1, 0.15) is 34.9 Å². The molecule has 10 heteroatoms. The van der Waals surface area contributed by atoms with E-state index in [0.717, 1.165) is 16.3 Å². The van der Waals surface area contributed by atoms with Crippen LogP contribution in [-0.2, 0) is 14.4 Å². The summed E-state index contributed by atoms with van der Waals surface area (Å²) in [6.07, 6.45) is 1.12. The molecule has 1 saturated heterocycles. The predicted molar refractivity (Wildman–Crippen MR) is 116 cm³/mol. The Labute approximate surface area is 189 Å². The third kappa shape index (κ3) is 2.77. The summed E-state index contributed by atoms with van der Waals surface area (Å²) in [4.78, 5) is 56.0. The van der Waals surface area contributed by atoms with Gasteiger partial charge in [0.25, 0.3) is 0 Å². The summed E-state index contributed by atoms with van der Waals surface area (Å²) in [5, 5.41) is 12.1. The first-order valence-electron chi connectivity index (χ1n) is 10.5. The van der Waals surface area contributed by atoms with E-state index in [4.69, 9.17) is 5.11 Å². The van der Waals surface area contributed by atoms with Crippen LogP contribution in [0, 0.1) is 29.6 Å². The number of imide groups is 1. The normalized spacial score (nSPS) is 35.4. The number of carbonyl (C=O) groups excluding carboxylic acids is 2. The zero-order chi connectivity index (χ0) is 21.4. The standard InChI is InChI=1S/C21H20N2O5S3/c24-11(25)4-1-5-23-19(26)13-8-7-9(14(13)20(23)27)16-12(8)15(10-3-2-6-29-10)17-18(30-16)22-21(28)31-17/h2-3,6,8-9,12-16H,1,4-5,7H2,(H,22,28)(H,24,25)/t8-,9-,12-,13+,14-,15-,16+/m1/s1. The molecule has 2 aromatic rings. The van der Waals surface area contributed by atoms with Crippen LogP contribution in [0.3, 0.4) is 0 Å². The SMILES string of the molecule is O=C(O)CCCN1C(=O)[C@@H]2[C@H]3C[C@@H]([C@@H]2C1=O)[C@@H]1[C@@H](c2cccs2)c2sc(=O)[nH]c2S[C@@H]31. The number of nitrogens with zero attached hydrogens (tertiary/aromatic N) is 1. The highest BCUT2D eigenvalue weighted by Gasteiger charge is 2.69. The van der Waals surface area contributed by atoms with E-state index >= 15 is 0 Å². The molecule has 6 rings (SSSR count). The number of aromatic amines is 1. The number of nitrogens with one attached hydrogen (secondary N) is 1. The highest BCUT2D eigenvalue weighted by molar-refractivity contribution is 8.00. The average molecular weight is 477 g/mol. The summed E-state index contributed by atoms with van der Waals surface area (Å²) >= 11 is 4.64. The number of thiazole rings is 1. The number of thiophene rings is 1. The van der Waals surface area contributed by atoms with Crippen molar-refractivity contribution in [1.82, 2.24) is 9.88 Å². The van der Waals surface area contributed by atoms with Crippen LogP contribution in [0.4, 0.5) is 0 Å². The minimum absolute atomic E-state index is 0.0473. The van der Waals surface area contributed by atoms with Crippen LogP contribution in [0.2, 0.25) is 0 Å². The molecule has 2 amide bonds. The number of aromatic nitrogens is 1. The lowest BCUT2D eigenvalue weighted by molar-refractivity contribution is -0.142. The van der Waals surface area contributed by atoms with Gasteiger partial charge in [-0.15, -0.1) is 23.1 Å². The van der Waals surface area contributed by atoms with Crippen molar-refractivity contribution >= 4 is 52.2 Å². The Morgan fingerprint density at radius 1 is 1.19 bits per heavy atom. The first-order chi connectivity index (χ1) is 15.0. The molecule has 7 nitrogen and oxygen atoms in total. The van der Waals surface area contributed by atoms with Crippen LogP contribution < -0.4 is 4.87 Å². The van der Waals surface area contributed by atoms with Crippen LogP contribution in [-0.4, -0.2) is 44.6 Å². The van der Waals surface area contributed by atoms with E-state index in [9.17, 15) is 19.2 Å². The van der Waals surface area contributed by atoms with E-state index in [0.29, 0.717) is 6.42 Å². The van der Waals surface area contributed by atoms with Gasteiger partial charge < -0.3 is 10.1 Å². The molecule has 0 unspecified atom stereocenters. The highest BCUT2D eigenvalue weighted by atomic mass is 32.2. The Morgan fingerprint density at radius 3 is 2.68 bits per heavy atom. The van der Waals surface area contributed by atoms with Gasteiger partial charge in [0, 0.05) is 33.9 Å². The van der Waals surface area contributed by atoms with Crippen molar-refractivity contribution in [2.75, 3.05) is 6.54 Å². The lowest BCUT2D eigenvalue weighted by Crippen LogP contribution is -2.42. The summed E-state index contributed by atoms with van der Waals surface area (Å²) in [7, 11) is 0. The van der Waals surface area contributed by atoms with Crippen molar-refractivity contribution in [3.63, 3.8) is 0 Å². The van der Waals surface area contributed by atoms with E-state index in [2.05, 4.69) is 11.1 Å². The second kappa shape index (κ2) is 7.05. The first-order valence-corrected chi connectivity index (χ1v) is 13.0. The zero-order valence-electron chi connectivity index (χ0n) is 16.4. The first kappa shape index (κ1) is 19.8. The van der Waals surface area contributed by atoms with Gasteiger partial charge in [0.2, 0.25) is 11.8 Å². The van der Waals surface area contributed by atoms with Crippen LogP contribution in [0.15, 0.2) is 27.3 Å². The zero-order valence-corrected chi connectivity index (χ0v) is 18.8. The van der Waals surface area contributed by atoms with E-state index in [1.807, 2.05) is 11.4 Å². The minimum Gasteiger partial charge on any atom is -0.481 e. The lowest BCUT2D eigenvalue weighted by atomic mass is 9.69. The number of amides is 2. The molecule has 2 aromatic heterocycles. The van der Waals surface area contributed by atoms with Crippen molar-refractivity contribution in [1.29, 1.82) is 0 Å². The molecule has 0 aromatic carbocycles. The second-order valence-electron chi connectivity index (χ2n) is 8.80. The van der Waals surface area contributed by atoms with E-state index in [1.165, 1.54) is 21.1 Å². The molecule has 4 aliphatic rings. The molecule has 4 heterocycles. The Morgan fingerprint density at radius 2 is 1.97 bits per heavy atom. The highest BCUT2D eigenvalue weighted by Crippen LogP contribution is 2.68. The molecular weight excluding hydrogens is 456 g/mol. The molecule has 2 aliphatic carbocycles. The predicted octanol–water partition coefficient (Wildman–Crippen LogP) is 2.84. The van der Waals surface area contributed by atoms with Gasteiger partial charge >= 0.3 is 10.8 Å². The monoisotopic (exact) mass is 476 g/mol. The van der Waals surface area contributed by atoms with Crippen molar-refractivity contribution in [2.45, 2.75) is 35.5 Å². The topological polar surface area (TPSA) is 108 Å². The maximum absolute atomic E-state index is 13.3. The Balaban J connectivity index is 1.36. The summed E-state index contributed by atoms with van der Waals surface area (Å²) in [5.41, 5.74) is 0. The van der Waals surface area contributed by atoms with E-state index in [-0.39, 0.29) is 70.4 Å². The molecule has 2 N–H and O–H groups in total. The maximum atomic E-state index is 13.3. The number of hydrogen-bond donors (Lipinski definition) is 2. The van der Waals surface area contributed by atoms with Gasteiger partial charge in [-0.1, -0.05) is 17.4 Å². The number of rotatable bonds is 5. The van der Waals surface area contributed by atoms with Crippen molar-refractivity contribution in [2.24, 2.45) is 29.6 Å². The molecule has 7 atom stereocenters. The second-order valence-corrected chi connectivity index (χ2v) is 12.0. The summed E-state index contributed by atoms with van der Waals surface area (Å²) in [6.45, 7) is 0.188. The third-order valence-corrected chi connectivity index (χ3v) is 11.0. The summed E-state index contributed by atoms with van der Waals surface area (Å²) < 4.78 is 0. The van der Waals surface area contributed by atoms with Gasteiger partial charge in [-0.25, -0.2) is 0 Å². The van der Waals surface area contributed by atoms with E-state index in [1.54, 1.807) is 23.1 Å². The van der Waals surface area contributed by atoms with Gasteiger partial charge in [-0.2, -0.15) is 0 Å². The summed E-state index contributed by atoms with van der Waals surface area (Å²) in [5.74, 6) is -1.21. The van der Waals surface area contributed by atoms with Crippen LogP contribution in [0.25, 0.3) is 0 Å². The number of carbonyl (C=O) groups is 3. The number of likely N-dealkylation sites (tertiary alicyclic amines) is 1. The average Bonchev–Trinajstić information content (AvgIpc) is 3.51. The van der Waals surface area contributed by atoms with Crippen LogP contribution in [0.5, 0.6) is 0 Å². The number of fused-ring (bicyclic) bond motifs is 9. The fraction of sp³-hybridized carbons (Fsp3) is 0.524. The Kier molecular flexibility index (Phi) is 4.49. The molecule has 162 valence electrons. The number of hydrogen-bond acceptors (Lipinski definition) is 7. The third-order valence-electron chi connectivity index (χ3n) is 7.44. The maximum Gasteiger partial charge on any atom is 0.305 e. The molecular formula is C21H20N2O5S3. The largest absolute Gasteiger partial charge is 0.481 e. The van der Waals surface area contributed by atoms with Gasteiger partial charge in [-0.3, -0.25) is 24.1 Å². The fourth-order valence-corrected chi connectivity index (χ4v) is 10.3. The number of H-pyrrole nitrogens is 1. The minimum atomic E-state index is -0.916. The van der Waals surface area contributed by atoms with Gasteiger partial charge in [-0.05, 0) is 42.0 Å². The van der Waals surface area contributed by atoms with Gasteiger partial charge in [0.05, 0.1) is 16.9 Å². The summed E-state index contributed by atoms with van der Waals surface area (Å²) in [6, 6.07) is 4.13. The fourth-order valence-electron chi connectivity index (χ4n) is 6.47. The van der Waals surface area contributed by atoms with Gasteiger partial charge in [0.15, 0.2) is 0 Å². The molecule has 2 bridgehead atoms.